The lowest BCUT2D eigenvalue weighted by Gasteiger charge is -2.31. The Morgan fingerprint density at radius 1 is 1.11 bits per heavy atom. The second-order valence-corrected chi connectivity index (χ2v) is 4.83. The SMILES string of the molecule is N#Cc1ccc(N)c(N2CCc3ccccc3C2)c1. The maximum atomic E-state index is 9.00. The van der Waals surface area contributed by atoms with Crippen LogP contribution in [0.25, 0.3) is 0 Å². The quantitative estimate of drug-likeness (QED) is 0.791. The summed E-state index contributed by atoms with van der Waals surface area (Å²) < 4.78 is 0. The van der Waals surface area contributed by atoms with Crippen LogP contribution in [0.5, 0.6) is 0 Å². The number of rotatable bonds is 1. The molecule has 1 heterocycles. The van der Waals surface area contributed by atoms with E-state index >= 15 is 0 Å². The topological polar surface area (TPSA) is 53.1 Å². The molecule has 0 fully saturated rings. The molecule has 2 aromatic rings. The van der Waals surface area contributed by atoms with Crippen LogP contribution < -0.4 is 10.6 Å². The van der Waals surface area contributed by atoms with Crippen molar-refractivity contribution in [2.75, 3.05) is 17.2 Å². The van der Waals surface area contributed by atoms with Gasteiger partial charge in [0.05, 0.1) is 23.0 Å². The van der Waals surface area contributed by atoms with Gasteiger partial charge in [-0.25, -0.2) is 0 Å². The van der Waals surface area contributed by atoms with E-state index in [1.807, 2.05) is 12.1 Å². The van der Waals surface area contributed by atoms with Gasteiger partial charge in [0.2, 0.25) is 0 Å². The van der Waals surface area contributed by atoms with Crippen LogP contribution in [0.2, 0.25) is 0 Å². The number of hydrogen-bond acceptors (Lipinski definition) is 3. The van der Waals surface area contributed by atoms with E-state index < -0.39 is 0 Å². The molecule has 0 unspecified atom stereocenters. The summed E-state index contributed by atoms with van der Waals surface area (Å²) in [4.78, 5) is 2.25. The monoisotopic (exact) mass is 249 g/mol. The molecule has 2 N–H and O–H groups in total. The maximum Gasteiger partial charge on any atom is 0.0992 e. The van der Waals surface area contributed by atoms with Crippen LogP contribution in [0, 0.1) is 11.3 Å². The fraction of sp³-hybridized carbons (Fsp3) is 0.188. The molecule has 0 atom stereocenters. The second kappa shape index (κ2) is 4.66. The Balaban J connectivity index is 1.95. The van der Waals surface area contributed by atoms with Crippen molar-refractivity contribution in [1.82, 2.24) is 0 Å². The smallest absolute Gasteiger partial charge is 0.0992 e. The molecule has 3 nitrogen and oxygen atoms in total. The number of nitrogen functional groups attached to an aromatic ring is 1. The molecule has 0 bridgehead atoms. The number of nitrogens with zero attached hydrogens (tertiary/aromatic N) is 2. The van der Waals surface area contributed by atoms with Crippen molar-refractivity contribution < 1.29 is 0 Å². The van der Waals surface area contributed by atoms with Gasteiger partial charge in [0.15, 0.2) is 0 Å². The van der Waals surface area contributed by atoms with E-state index in [0.29, 0.717) is 5.56 Å². The standard InChI is InChI=1S/C16H15N3/c17-10-12-5-6-15(18)16(9-12)19-8-7-13-3-1-2-4-14(13)11-19/h1-6,9H,7-8,11,18H2. The minimum absolute atomic E-state index is 0.656. The number of hydrogen-bond donors (Lipinski definition) is 1. The van der Waals surface area contributed by atoms with Crippen LogP contribution in [0.1, 0.15) is 16.7 Å². The van der Waals surface area contributed by atoms with Crippen molar-refractivity contribution in [2.24, 2.45) is 0 Å². The maximum absolute atomic E-state index is 9.00. The van der Waals surface area contributed by atoms with E-state index in [1.54, 1.807) is 6.07 Å². The van der Waals surface area contributed by atoms with E-state index in [0.717, 1.165) is 30.9 Å². The van der Waals surface area contributed by atoms with Gasteiger partial charge in [-0.15, -0.1) is 0 Å². The first-order valence-electron chi connectivity index (χ1n) is 6.39. The van der Waals surface area contributed by atoms with Gasteiger partial charge in [-0.05, 0) is 35.7 Å². The third kappa shape index (κ3) is 2.13. The Morgan fingerprint density at radius 3 is 2.68 bits per heavy atom. The molecule has 1 aliphatic rings. The minimum Gasteiger partial charge on any atom is -0.397 e. The average molecular weight is 249 g/mol. The Morgan fingerprint density at radius 2 is 1.89 bits per heavy atom. The lowest BCUT2D eigenvalue weighted by Crippen LogP contribution is -2.30. The summed E-state index contributed by atoms with van der Waals surface area (Å²) in [5.41, 5.74) is 11.2. The molecular weight excluding hydrogens is 234 g/mol. The molecule has 94 valence electrons. The Hall–Kier alpha value is -2.47. The fourth-order valence-electron chi connectivity index (χ4n) is 2.59. The van der Waals surface area contributed by atoms with Crippen LogP contribution in [-0.4, -0.2) is 6.54 Å². The Labute approximate surface area is 112 Å². The molecule has 3 rings (SSSR count). The van der Waals surface area contributed by atoms with Crippen molar-refractivity contribution in [1.29, 1.82) is 5.26 Å². The lowest BCUT2D eigenvalue weighted by atomic mass is 9.99. The number of benzene rings is 2. The predicted octanol–water partition coefficient (Wildman–Crippen LogP) is 2.70. The van der Waals surface area contributed by atoms with E-state index in [9.17, 15) is 0 Å². The highest BCUT2D eigenvalue weighted by Crippen LogP contribution is 2.29. The van der Waals surface area contributed by atoms with Crippen LogP contribution >= 0.6 is 0 Å². The molecule has 0 radical (unpaired) electrons. The summed E-state index contributed by atoms with van der Waals surface area (Å²) in [5, 5.41) is 9.00. The zero-order chi connectivity index (χ0) is 13.2. The van der Waals surface area contributed by atoms with Crippen LogP contribution in [0.15, 0.2) is 42.5 Å². The van der Waals surface area contributed by atoms with Gasteiger partial charge in [0, 0.05) is 13.1 Å². The summed E-state index contributed by atoms with van der Waals surface area (Å²) in [6.07, 6.45) is 1.02. The van der Waals surface area contributed by atoms with Crippen molar-refractivity contribution in [3.8, 4) is 6.07 Å². The first kappa shape index (κ1) is 11.6. The Bertz CT molecular complexity index is 655. The third-order valence-corrected chi connectivity index (χ3v) is 3.63. The average Bonchev–Trinajstić information content (AvgIpc) is 2.47. The molecule has 3 heteroatoms. The van der Waals surface area contributed by atoms with Crippen molar-refractivity contribution in [3.05, 3.63) is 59.2 Å². The molecule has 0 spiro atoms. The molecular formula is C16H15N3. The van der Waals surface area contributed by atoms with Gasteiger partial charge in [-0.1, -0.05) is 24.3 Å². The van der Waals surface area contributed by atoms with Gasteiger partial charge in [0.25, 0.3) is 0 Å². The summed E-state index contributed by atoms with van der Waals surface area (Å²) >= 11 is 0. The molecule has 1 aliphatic heterocycles. The lowest BCUT2D eigenvalue weighted by molar-refractivity contribution is 0.732. The van der Waals surface area contributed by atoms with Gasteiger partial charge < -0.3 is 10.6 Å². The van der Waals surface area contributed by atoms with Gasteiger partial charge in [0.1, 0.15) is 0 Å². The molecule has 0 saturated heterocycles. The molecule has 0 aliphatic carbocycles. The van der Waals surface area contributed by atoms with E-state index in [4.69, 9.17) is 11.0 Å². The number of nitrogens with two attached hydrogens (primary N) is 1. The van der Waals surface area contributed by atoms with Crippen LogP contribution in [0.4, 0.5) is 11.4 Å². The highest BCUT2D eigenvalue weighted by Gasteiger charge is 2.17. The van der Waals surface area contributed by atoms with Gasteiger partial charge in [-0.2, -0.15) is 5.26 Å². The predicted molar refractivity (Wildman–Crippen MR) is 76.8 cm³/mol. The molecule has 0 amide bonds. The van der Waals surface area contributed by atoms with E-state index in [2.05, 4.69) is 35.2 Å². The van der Waals surface area contributed by atoms with Crippen LogP contribution in [-0.2, 0) is 13.0 Å². The zero-order valence-electron chi connectivity index (χ0n) is 10.6. The normalized spacial score (nSPS) is 13.7. The highest BCUT2D eigenvalue weighted by atomic mass is 15.1. The van der Waals surface area contributed by atoms with Crippen molar-refractivity contribution >= 4 is 11.4 Å². The summed E-state index contributed by atoms with van der Waals surface area (Å²) in [7, 11) is 0. The number of fused-ring (bicyclic) bond motifs is 1. The zero-order valence-corrected chi connectivity index (χ0v) is 10.6. The van der Waals surface area contributed by atoms with Gasteiger partial charge >= 0.3 is 0 Å². The minimum atomic E-state index is 0.656. The first-order chi connectivity index (χ1) is 9.28. The van der Waals surface area contributed by atoms with E-state index in [1.165, 1.54) is 11.1 Å². The highest BCUT2D eigenvalue weighted by molar-refractivity contribution is 5.70. The molecule has 19 heavy (non-hydrogen) atoms. The molecule has 0 saturated carbocycles. The summed E-state index contributed by atoms with van der Waals surface area (Å²) in [6.45, 7) is 1.80. The third-order valence-electron chi connectivity index (χ3n) is 3.63. The number of nitriles is 1. The second-order valence-electron chi connectivity index (χ2n) is 4.83. The Kier molecular flexibility index (Phi) is 2.85. The molecule has 0 aromatic heterocycles. The van der Waals surface area contributed by atoms with Gasteiger partial charge in [-0.3, -0.25) is 0 Å². The summed E-state index contributed by atoms with van der Waals surface area (Å²) in [6, 6.07) is 16.1. The summed E-state index contributed by atoms with van der Waals surface area (Å²) in [5.74, 6) is 0. The largest absolute Gasteiger partial charge is 0.397 e. The molecule has 2 aromatic carbocycles. The van der Waals surface area contributed by atoms with E-state index in [-0.39, 0.29) is 0 Å². The van der Waals surface area contributed by atoms with Crippen LogP contribution in [0.3, 0.4) is 0 Å². The first-order valence-corrected chi connectivity index (χ1v) is 6.39. The van der Waals surface area contributed by atoms with Crippen molar-refractivity contribution in [2.45, 2.75) is 13.0 Å². The fourth-order valence-corrected chi connectivity index (χ4v) is 2.59. The van der Waals surface area contributed by atoms with Crippen molar-refractivity contribution in [3.63, 3.8) is 0 Å². The number of anilines is 2.